The van der Waals surface area contributed by atoms with Crippen molar-refractivity contribution in [2.45, 2.75) is 32.4 Å². The number of methoxy groups -OCH3 is 2. The van der Waals surface area contributed by atoms with Crippen LogP contribution in [-0.2, 0) is 14.3 Å². The Bertz CT molecular complexity index is 963. The fraction of sp³-hybridized carbons (Fsp3) is 0.462. The predicted octanol–water partition coefficient (Wildman–Crippen LogP) is 4.14. The molecule has 0 aromatic heterocycles. The summed E-state index contributed by atoms with van der Waals surface area (Å²) in [6, 6.07) is 13.8. The van der Waals surface area contributed by atoms with Gasteiger partial charge in [-0.3, -0.25) is 4.79 Å². The van der Waals surface area contributed by atoms with E-state index in [-0.39, 0.29) is 12.5 Å². The van der Waals surface area contributed by atoms with Crippen molar-refractivity contribution in [3.63, 3.8) is 0 Å². The minimum absolute atomic E-state index is 0.0808. The van der Waals surface area contributed by atoms with Crippen LogP contribution in [0, 0.1) is 11.8 Å². The molecular weight excluding hydrogens is 438 g/mol. The predicted molar refractivity (Wildman–Crippen MR) is 126 cm³/mol. The quantitative estimate of drug-likeness (QED) is 0.492. The van der Waals surface area contributed by atoms with Crippen LogP contribution in [0.1, 0.15) is 43.5 Å². The minimum atomic E-state index is -1.16. The second-order valence-electron chi connectivity index (χ2n) is 8.53. The number of carbonyl (C=O) groups is 2. The summed E-state index contributed by atoms with van der Waals surface area (Å²) in [4.78, 5) is 27.3. The van der Waals surface area contributed by atoms with Gasteiger partial charge in [0.25, 0.3) is 0 Å². The number of aliphatic hydroxyl groups is 1. The Hall–Kier alpha value is -3.10. The summed E-state index contributed by atoms with van der Waals surface area (Å²) in [6.45, 7) is 4.74. The van der Waals surface area contributed by atoms with E-state index in [9.17, 15) is 14.7 Å². The Labute approximate surface area is 200 Å². The molecule has 1 N–H and O–H groups in total. The first kappa shape index (κ1) is 25.5. The molecule has 0 saturated carbocycles. The molecule has 2 aromatic rings. The van der Waals surface area contributed by atoms with Crippen molar-refractivity contribution < 1.29 is 33.6 Å². The summed E-state index contributed by atoms with van der Waals surface area (Å²) >= 11 is 0. The maximum absolute atomic E-state index is 13.6. The molecule has 8 heteroatoms. The molecular formula is C26H33NO7. The fourth-order valence-electron chi connectivity index (χ4n) is 4.11. The molecule has 1 saturated heterocycles. The third-order valence-corrected chi connectivity index (χ3v) is 5.92. The third-order valence-electron chi connectivity index (χ3n) is 5.92. The Morgan fingerprint density at radius 3 is 2.50 bits per heavy atom. The van der Waals surface area contributed by atoms with Crippen molar-refractivity contribution in [3.05, 3.63) is 59.7 Å². The highest BCUT2D eigenvalue weighted by Crippen LogP contribution is 2.38. The molecule has 1 aliphatic rings. The Balaban J connectivity index is 1.86. The van der Waals surface area contributed by atoms with Crippen molar-refractivity contribution in [2.75, 3.05) is 34.0 Å². The van der Waals surface area contributed by atoms with E-state index < -0.39 is 30.1 Å². The van der Waals surface area contributed by atoms with Gasteiger partial charge in [0.05, 0.1) is 25.7 Å². The maximum atomic E-state index is 13.6. The van der Waals surface area contributed by atoms with Crippen LogP contribution in [-0.4, -0.2) is 56.0 Å². The van der Waals surface area contributed by atoms with Gasteiger partial charge < -0.3 is 24.1 Å². The normalized spacial score (nSPS) is 17.4. The zero-order chi connectivity index (χ0) is 24.7. The number of hydrogen-bond donors (Lipinski definition) is 1. The summed E-state index contributed by atoms with van der Waals surface area (Å²) in [6.07, 6.45) is -1.17. The third kappa shape index (κ3) is 5.69. The van der Waals surface area contributed by atoms with Gasteiger partial charge in [0, 0.05) is 20.1 Å². The molecule has 3 atom stereocenters. The lowest BCUT2D eigenvalue weighted by Crippen LogP contribution is -2.42. The summed E-state index contributed by atoms with van der Waals surface area (Å²) in [5.41, 5.74) is 1.30. The molecule has 1 unspecified atom stereocenters. The SMILES string of the molecule is COCCCOc1cc(C(O)[C@@H](C(=O)N2C(=O)OC[C@H]2c2ccccc2)C(C)C)ccc1OC. The number of nitrogens with zero attached hydrogens (tertiary/aromatic N) is 1. The highest BCUT2D eigenvalue weighted by Gasteiger charge is 2.44. The molecule has 0 spiro atoms. The number of imide groups is 1. The van der Waals surface area contributed by atoms with E-state index in [2.05, 4.69) is 0 Å². The fourth-order valence-corrected chi connectivity index (χ4v) is 4.11. The molecule has 0 radical (unpaired) electrons. The average molecular weight is 472 g/mol. The van der Waals surface area contributed by atoms with E-state index in [1.165, 1.54) is 7.11 Å². The van der Waals surface area contributed by atoms with E-state index in [0.29, 0.717) is 36.7 Å². The summed E-state index contributed by atoms with van der Waals surface area (Å²) in [5.74, 6) is -0.606. The van der Waals surface area contributed by atoms with Crippen LogP contribution in [0.2, 0.25) is 0 Å². The number of hydrogen-bond acceptors (Lipinski definition) is 7. The minimum Gasteiger partial charge on any atom is -0.493 e. The molecule has 0 aliphatic carbocycles. The van der Waals surface area contributed by atoms with Crippen molar-refractivity contribution in [1.29, 1.82) is 0 Å². The summed E-state index contributed by atoms with van der Waals surface area (Å²) in [7, 11) is 3.16. The van der Waals surface area contributed by atoms with Crippen molar-refractivity contribution >= 4 is 12.0 Å². The summed E-state index contributed by atoms with van der Waals surface area (Å²) in [5, 5.41) is 11.3. The van der Waals surface area contributed by atoms with Gasteiger partial charge >= 0.3 is 6.09 Å². The van der Waals surface area contributed by atoms with E-state index >= 15 is 0 Å². The molecule has 1 aliphatic heterocycles. The molecule has 8 nitrogen and oxygen atoms in total. The van der Waals surface area contributed by atoms with Crippen LogP contribution in [0.25, 0.3) is 0 Å². The monoisotopic (exact) mass is 471 g/mol. The molecule has 0 bridgehead atoms. The van der Waals surface area contributed by atoms with Crippen LogP contribution in [0.5, 0.6) is 11.5 Å². The van der Waals surface area contributed by atoms with Gasteiger partial charge in [-0.1, -0.05) is 50.2 Å². The first-order chi connectivity index (χ1) is 16.4. The van der Waals surface area contributed by atoms with Crippen molar-refractivity contribution in [3.8, 4) is 11.5 Å². The van der Waals surface area contributed by atoms with Gasteiger partial charge in [-0.2, -0.15) is 0 Å². The zero-order valence-corrected chi connectivity index (χ0v) is 20.1. The molecule has 2 aromatic carbocycles. The van der Waals surface area contributed by atoms with Crippen molar-refractivity contribution in [1.82, 2.24) is 4.90 Å². The summed E-state index contributed by atoms with van der Waals surface area (Å²) < 4.78 is 21.5. The topological polar surface area (TPSA) is 94.5 Å². The first-order valence-electron chi connectivity index (χ1n) is 11.4. The van der Waals surface area contributed by atoms with E-state index in [4.69, 9.17) is 18.9 Å². The number of ether oxygens (including phenoxy) is 4. The highest BCUT2D eigenvalue weighted by atomic mass is 16.6. The Kier molecular flexibility index (Phi) is 8.90. The molecule has 2 amide bonds. The molecule has 1 heterocycles. The number of amides is 2. The van der Waals surface area contributed by atoms with Crippen LogP contribution in [0.15, 0.2) is 48.5 Å². The lowest BCUT2D eigenvalue weighted by molar-refractivity contribution is -0.139. The van der Waals surface area contributed by atoms with Crippen LogP contribution in [0.3, 0.4) is 0 Å². The van der Waals surface area contributed by atoms with E-state index in [1.807, 2.05) is 44.2 Å². The number of rotatable bonds is 11. The smallest absolute Gasteiger partial charge is 0.417 e. The van der Waals surface area contributed by atoms with Crippen LogP contribution >= 0.6 is 0 Å². The second kappa shape index (κ2) is 11.9. The highest BCUT2D eigenvalue weighted by molar-refractivity contribution is 5.95. The van der Waals surface area contributed by atoms with E-state index in [1.54, 1.807) is 25.3 Å². The molecule has 34 heavy (non-hydrogen) atoms. The van der Waals surface area contributed by atoms with Crippen LogP contribution in [0.4, 0.5) is 4.79 Å². The lowest BCUT2D eigenvalue weighted by Gasteiger charge is -2.30. The second-order valence-corrected chi connectivity index (χ2v) is 8.53. The zero-order valence-electron chi connectivity index (χ0n) is 20.1. The standard InChI is InChI=1S/C26H33NO7/c1-17(2)23(25(29)27-20(16-34-26(27)30)18-9-6-5-7-10-18)24(28)19-11-12-21(32-4)22(15-19)33-14-8-13-31-3/h5-7,9-12,15,17,20,23-24,28H,8,13-14,16H2,1-4H3/t20-,23-,24?/m0/s1. The molecule has 3 rings (SSSR count). The molecule has 184 valence electrons. The number of carbonyl (C=O) groups excluding carboxylic acids is 2. The largest absolute Gasteiger partial charge is 0.493 e. The lowest BCUT2D eigenvalue weighted by atomic mass is 9.84. The number of benzene rings is 2. The van der Waals surface area contributed by atoms with Gasteiger partial charge in [-0.05, 0) is 29.2 Å². The molecule has 1 fully saturated rings. The first-order valence-corrected chi connectivity index (χ1v) is 11.4. The van der Waals surface area contributed by atoms with Gasteiger partial charge in [0.15, 0.2) is 11.5 Å². The van der Waals surface area contributed by atoms with Crippen molar-refractivity contribution in [2.24, 2.45) is 11.8 Å². The van der Waals surface area contributed by atoms with Crippen LogP contribution < -0.4 is 9.47 Å². The number of aliphatic hydroxyl groups excluding tert-OH is 1. The van der Waals surface area contributed by atoms with Gasteiger partial charge in [-0.25, -0.2) is 9.69 Å². The Morgan fingerprint density at radius 2 is 1.85 bits per heavy atom. The van der Waals surface area contributed by atoms with E-state index in [0.717, 1.165) is 10.5 Å². The van der Waals surface area contributed by atoms with Gasteiger partial charge in [0.1, 0.15) is 12.6 Å². The van der Waals surface area contributed by atoms with Gasteiger partial charge in [-0.15, -0.1) is 0 Å². The number of cyclic esters (lactones) is 1. The Morgan fingerprint density at radius 1 is 1.12 bits per heavy atom. The maximum Gasteiger partial charge on any atom is 0.417 e. The van der Waals surface area contributed by atoms with Gasteiger partial charge in [0.2, 0.25) is 5.91 Å². The average Bonchev–Trinajstić information content (AvgIpc) is 3.23.